The number of rotatable bonds is 7. The normalized spacial score (nSPS) is 11.1. The number of fused-ring (bicyclic) bond motifs is 1. The molecule has 0 radical (unpaired) electrons. The molecule has 1 N–H and O–H groups in total. The summed E-state index contributed by atoms with van der Waals surface area (Å²) in [5, 5.41) is 3.49. The van der Waals surface area contributed by atoms with Gasteiger partial charge in [0.15, 0.2) is 5.65 Å². The summed E-state index contributed by atoms with van der Waals surface area (Å²) in [6.07, 6.45) is 11.2. The SMILES string of the molecule is CCCCc1cn2cccc(Nc3ccc(-n4cnc(C)c4)c(OC)c3)c2n1. The minimum absolute atomic E-state index is 0.779. The van der Waals surface area contributed by atoms with E-state index in [0.717, 1.165) is 52.7 Å². The van der Waals surface area contributed by atoms with E-state index in [0.29, 0.717) is 0 Å². The van der Waals surface area contributed by atoms with Gasteiger partial charge in [-0.1, -0.05) is 13.3 Å². The summed E-state index contributed by atoms with van der Waals surface area (Å²) in [5.41, 5.74) is 5.90. The molecule has 0 aliphatic carbocycles. The Bertz CT molecular complexity index is 1100. The minimum Gasteiger partial charge on any atom is -0.494 e. The lowest BCUT2D eigenvalue weighted by Gasteiger charge is -2.13. The van der Waals surface area contributed by atoms with Crippen molar-refractivity contribution in [1.29, 1.82) is 0 Å². The lowest BCUT2D eigenvalue weighted by atomic mass is 10.2. The summed E-state index contributed by atoms with van der Waals surface area (Å²) >= 11 is 0. The number of hydrogen-bond acceptors (Lipinski definition) is 4. The van der Waals surface area contributed by atoms with Crippen molar-refractivity contribution in [2.75, 3.05) is 12.4 Å². The Labute approximate surface area is 164 Å². The average Bonchev–Trinajstić information content (AvgIpc) is 3.32. The van der Waals surface area contributed by atoms with Crippen molar-refractivity contribution in [3.63, 3.8) is 0 Å². The molecular weight excluding hydrogens is 350 g/mol. The molecule has 0 unspecified atom stereocenters. The van der Waals surface area contributed by atoms with Crippen molar-refractivity contribution in [3.8, 4) is 11.4 Å². The number of nitrogens with one attached hydrogen (secondary N) is 1. The summed E-state index contributed by atoms with van der Waals surface area (Å²) in [7, 11) is 1.68. The lowest BCUT2D eigenvalue weighted by molar-refractivity contribution is 0.413. The monoisotopic (exact) mass is 375 g/mol. The molecule has 0 amide bonds. The summed E-state index contributed by atoms with van der Waals surface area (Å²) < 4.78 is 9.66. The van der Waals surface area contributed by atoms with Crippen LogP contribution in [0.3, 0.4) is 0 Å². The molecule has 144 valence electrons. The zero-order valence-electron chi connectivity index (χ0n) is 16.5. The van der Waals surface area contributed by atoms with Gasteiger partial charge in [-0.3, -0.25) is 0 Å². The predicted molar refractivity (Wildman–Crippen MR) is 112 cm³/mol. The number of pyridine rings is 1. The Kier molecular flexibility index (Phi) is 5.02. The predicted octanol–water partition coefficient (Wildman–Crippen LogP) is 4.92. The fourth-order valence-electron chi connectivity index (χ4n) is 3.32. The molecule has 0 aliphatic rings. The molecule has 0 fully saturated rings. The standard InChI is InChI=1S/C22H25N5O/c1-4-5-7-18-14-26-11-6-8-19(22(26)25-18)24-17-9-10-20(21(12-17)28-3)27-13-16(2)23-15-27/h6,8-15,24H,4-5,7H2,1-3H3. The van der Waals surface area contributed by atoms with Gasteiger partial charge in [-0.25, -0.2) is 9.97 Å². The molecule has 4 rings (SSSR count). The van der Waals surface area contributed by atoms with Crippen LogP contribution in [0.5, 0.6) is 5.75 Å². The van der Waals surface area contributed by atoms with Gasteiger partial charge in [-0.05, 0) is 44.0 Å². The molecule has 4 aromatic rings. The molecule has 0 atom stereocenters. The van der Waals surface area contributed by atoms with Crippen LogP contribution in [0.2, 0.25) is 0 Å². The highest BCUT2D eigenvalue weighted by Crippen LogP contribution is 2.29. The van der Waals surface area contributed by atoms with Crippen molar-refractivity contribution in [1.82, 2.24) is 18.9 Å². The van der Waals surface area contributed by atoms with Crippen LogP contribution < -0.4 is 10.1 Å². The Hall–Kier alpha value is -3.28. The molecule has 3 aromatic heterocycles. The van der Waals surface area contributed by atoms with Gasteiger partial charge in [0, 0.05) is 30.3 Å². The van der Waals surface area contributed by atoms with Crippen molar-refractivity contribution < 1.29 is 4.74 Å². The van der Waals surface area contributed by atoms with Crippen LogP contribution in [0.4, 0.5) is 11.4 Å². The second kappa shape index (κ2) is 7.76. The van der Waals surface area contributed by atoms with Gasteiger partial charge >= 0.3 is 0 Å². The molecule has 0 saturated heterocycles. The van der Waals surface area contributed by atoms with Crippen molar-refractivity contribution in [3.05, 3.63) is 66.6 Å². The first-order chi connectivity index (χ1) is 13.7. The summed E-state index contributed by atoms with van der Waals surface area (Å²) in [6.45, 7) is 4.17. The van der Waals surface area contributed by atoms with Crippen LogP contribution >= 0.6 is 0 Å². The van der Waals surface area contributed by atoms with Crippen LogP contribution in [0.1, 0.15) is 31.2 Å². The van der Waals surface area contributed by atoms with Crippen LogP contribution in [0.25, 0.3) is 11.3 Å². The van der Waals surface area contributed by atoms with E-state index in [2.05, 4.69) is 27.8 Å². The highest BCUT2D eigenvalue weighted by Gasteiger charge is 2.10. The highest BCUT2D eigenvalue weighted by molar-refractivity contribution is 5.75. The van der Waals surface area contributed by atoms with Gasteiger partial charge in [-0.2, -0.15) is 0 Å². The number of ether oxygens (including phenoxy) is 1. The number of unbranched alkanes of at least 4 members (excludes halogenated alkanes) is 1. The second-order valence-electron chi connectivity index (χ2n) is 6.92. The first-order valence-corrected chi connectivity index (χ1v) is 9.60. The van der Waals surface area contributed by atoms with Gasteiger partial charge in [0.1, 0.15) is 5.75 Å². The largest absolute Gasteiger partial charge is 0.494 e. The molecule has 0 aliphatic heterocycles. The molecule has 6 heteroatoms. The van der Waals surface area contributed by atoms with Crippen molar-refractivity contribution >= 4 is 17.0 Å². The Morgan fingerprint density at radius 2 is 2.07 bits per heavy atom. The van der Waals surface area contributed by atoms with Crippen molar-refractivity contribution in [2.45, 2.75) is 33.1 Å². The maximum atomic E-state index is 5.61. The van der Waals surface area contributed by atoms with Gasteiger partial charge in [-0.15, -0.1) is 0 Å². The number of imidazole rings is 2. The lowest BCUT2D eigenvalue weighted by Crippen LogP contribution is -1.99. The Balaban J connectivity index is 1.64. The first kappa shape index (κ1) is 18.1. The zero-order chi connectivity index (χ0) is 19.5. The van der Waals surface area contributed by atoms with E-state index >= 15 is 0 Å². The quantitative estimate of drug-likeness (QED) is 0.498. The molecule has 0 bridgehead atoms. The molecular formula is C22H25N5O. The highest BCUT2D eigenvalue weighted by atomic mass is 16.5. The number of methoxy groups -OCH3 is 1. The number of aromatic nitrogens is 4. The molecule has 0 spiro atoms. The number of aryl methyl sites for hydroxylation is 2. The molecule has 0 saturated carbocycles. The third-order valence-corrected chi connectivity index (χ3v) is 4.77. The third kappa shape index (κ3) is 3.58. The number of anilines is 2. The summed E-state index contributed by atoms with van der Waals surface area (Å²) in [6, 6.07) is 10.1. The van der Waals surface area contributed by atoms with Crippen LogP contribution in [-0.4, -0.2) is 26.0 Å². The van der Waals surface area contributed by atoms with Crippen LogP contribution in [-0.2, 0) is 6.42 Å². The molecule has 3 heterocycles. The van der Waals surface area contributed by atoms with Crippen LogP contribution in [0.15, 0.2) is 55.2 Å². The van der Waals surface area contributed by atoms with Gasteiger partial charge in [0.05, 0.1) is 36.2 Å². The first-order valence-electron chi connectivity index (χ1n) is 9.60. The van der Waals surface area contributed by atoms with Gasteiger partial charge in [0.2, 0.25) is 0 Å². The molecule has 1 aromatic carbocycles. The van der Waals surface area contributed by atoms with E-state index in [1.165, 1.54) is 6.42 Å². The van der Waals surface area contributed by atoms with Crippen LogP contribution in [0, 0.1) is 6.92 Å². The van der Waals surface area contributed by atoms with Gasteiger partial charge in [0.25, 0.3) is 0 Å². The third-order valence-electron chi connectivity index (χ3n) is 4.77. The van der Waals surface area contributed by atoms with E-state index in [4.69, 9.17) is 9.72 Å². The smallest absolute Gasteiger partial charge is 0.160 e. The Morgan fingerprint density at radius 3 is 2.82 bits per heavy atom. The Morgan fingerprint density at radius 1 is 1.18 bits per heavy atom. The fraction of sp³-hybridized carbons (Fsp3) is 0.273. The molecule has 6 nitrogen and oxygen atoms in total. The van der Waals surface area contributed by atoms with E-state index in [1.54, 1.807) is 13.4 Å². The topological polar surface area (TPSA) is 56.4 Å². The van der Waals surface area contributed by atoms with E-state index in [9.17, 15) is 0 Å². The maximum Gasteiger partial charge on any atom is 0.160 e. The number of benzene rings is 1. The molecule has 28 heavy (non-hydrogen) atoms. The average molecular weight is 375 g/mol. The van der Waals surface area contributed by atoms with E-state index in [1.807, 2.05) is 54.2 Å². The maximum absolute atomic E-state index is 5.61. The van der Waals surface area contributed by atoms with E-state index in [-0.39, 0.29) is 0 Å². The number of nitrogens with zero attached hydrogens (tertiary/aromatic N) is 4. The van der Waals surface area contributed by atoms with Gasteiger partial charge < -0.3 is 19.0 Å². The fourth-order valence-corrected chi connectivity index (χ4v) is 3.32. The summed E-state index contributed by atoms with van der Waals surface area (Å²) in [4.78, 5) is 9.11. The summed E-state index contributed by atoms with van der Waals surface area (Å²) in [5.74, 6) is 0.779. The zero-order valence-corrected chi connectivity index (χ0v) is 16.5. The second-order valence-corrected chi connectivity index (χ2v) is 6.92. The van der Waals surface area contributed by atoms with Crippen molar-refractivity contribution in [2.24, 2.45) is 0 Å². The number of hydrogen-bond donors (Lipinski definition) is 1. The van der Waals surface area contributed by atoms with E-state index < -0.39 is 0 Å². The minimum atomic E-state index is 0.779.